The number of piperazine rings is 1. The summed E-state index contributed by atoms with van der Waals surface area (Å²) in [5, 5.41) is 4.06. The number of ether oxygens (including phenoxy) is 1. The van der Waals surface area contributed by atoms with Gasteiger partial charge in [0.1, 0.15) is 22.9 Å². The normalized spacial score (nSPS) is 17.0. The van der Waals surface area contributed by atoms with E-state index in [1.54, 1.807) is 67.7 Å². The number of methoxy groups -OCH3 is 1. The molecule has 2 fully saturated rings. The second kappa shape index (κ2) is 13.6. The third-order valence-corrected chi connectivity index (χ3v) is 8.91. The van der Waals surface area contributed by atoms with Crippen LogP contribution in [0.2, 0.25) is 0 Å². The lowest BCUT2D eigenvalue weighted by Crippen LogP contribution is -2.53. The first-order valence-electron chi connectivity index (χ1n) is 16.0. The zero-order valence-corrected chi connectivity index (χ0v) is 27.2. The molecule has 0 radical (unpaired) electrons. The van der Waals surface area contributed by atoms with Gasteiger partial charge in [0.25, 0.3) is 5.91 Å². The standard InChI is InChI=1S/C35H40N8O4/c1-23-22-41(17-18-42(23)32(45)16-14-30(44)24-9-12-28(47-4)13-10-24)27-11-15-31(36-21-27)38-35-37-20-25-19-29(34(46)40(2)3)43(33(25)39-35)26-7-5-6-8-26/h9-16,19-21,23,26H,5-8,17-18,22H2,1-4H3,(H,36,37,38,39)/b16-14+/t23-/m1/s1. The van der Waals surface area contributed by atoms with E-state index in [4.69, 9.17) is 9.72 Å². The Morgan fingerprint density at radius 3 is 2.40 bits per heavy atom. The number of hydrogen-bond acceptors (Lipinski definition) is 9. The largest absolute Gasteiger partial charge is 0.497 e. The molecule has 1 atom stereocenters. The van der Waals surface area contributed by atoms with Crippen molar-refractivity contribution >= 4 is 46.1 Å². The SMILES string of the molecule is COc1ccc(C(=O)/C=C/C(=O)N2CCN(c3ccc(Nc4ncc5cc(C(=O)N(C)C)n(C6CCCC6)c5n4)nc3)C[C@H]2C)cc1. The fourth-order valence-electron chi connectivity index (χ4n) is 6.37. The molecule has 4 heterocycles. The molecule has 0 unspecified atom stereocenters. The number of aromatic nitrogens is 4. The van der Waals surface area contributed by atoms with Crippen LogP contribution in [0.3, 0.4) is 0 Å². The Labute approximate surface area is 274 Å². The molecule has 1 aromatic carbocycles. The molecule has 0 spiro atoms. The Hall–Kier alpha value is -5.26. The number of benzene rings is 1. The van der Waals surface area contributed by atoms with Crippen molar-refractivity contribution in [3.05, 3.63) is 78.3 Å². The lowest BCUT2D eigenvalue weighted by atomic mass is 10.1. The molecule has 2 amide bonds. The van der Waals surface area contributed by atoms with E-state index < -0.39 is 0 Å². The zero-order chi connectivity index (χ0) is 33.1. The maximum Gasteiger partial charge on any atom is 0.270 e. The Morgan fingerprint density at radius 1 is 0.979 bits per heavy atom. The van der Waals surface area contributed by atoms with E-state index >= 15 is 0 Å². The summed E-state index contributed by atoms with van der Waals surface area (Å²) in [5.74, 6) is 1.22. The van der Waals surface area contributed by atoms with E-state index in [0.29, 0.717) is 48.4 Å². The van der Waals surface area contributed by atoms with Crippen molar-refractivity contribution in [2.24, 2.45) is 0 Å². The van der Waals surface area contributed by atoms with Crippen LogP contribution >= 0.6 is 0 Å². The van der Waals surface area contributed by atoms with Gasteiger partial charge in [0.05, 0.1) is 19.0 Å². The summed E-state index contributed by atoms with van der Waals surface area (Å²) in [6, 6.07) is 12.7. The second-order valence-corrected chi connectivity index (χ2v) is 12.3. The summed E-state index contributed by atoms with van der Waals surface area (Å²) in [4.78, 5) is 58.0. The number of allylic oxidation sites excluding steroid dienone is 1. The molecule has 6 rings (SSSR count). The van der Waals surface area contributed by atoms with Crippen LogP contribution in [0.4, 0.5) is 17.5 Å². The summed E-state index contributed by atoms with van der Waals surface area (Å²) < 4.78 is 7.23. The molecular weight excluding hydrogens is 596 g/mol. The predicted octanol–water partition coefficient (Wildman–Crippen LogP) is 4.87. The summed E-state index contributed by atoms with van der Waals surface area (Å²) in [7, 11) is 5.10. The summed E-state index contributed by atoms with van der Waals surface area (Å²) in [6.07, 6.45) is 10.6. The van der Waals surface area contributed by atoms with Crippen LogP contribution in [0, 0.1) is 0 Å². The smallest absolute Gasteiger partial charge is 0.270 e. The average molecular weight is 637 g/mol. The van der Waals surface area contributed by atoms with Crippen molar-refractivity contribution in [2.45, 2.75) is 44.7 Å². The van der Waals surface area contributed by atoms with Gasteiger partial charge in [-0.3, -0.25) is 14.4 Å². The number of nitrogens with one attached hydrogen (secondary N) is 1. The van der Waals surface area contributed by atoms with E-state index in [9.17, 15) is 14.4 Å². The number of rotatable bonds is 9. The molecule has 1 saturated carbocycles. The van der Waals surface area contributed by atoms with E-state index in [-0.39, 0.29) is 29.7 Å². The first-order chi connectivity index (χ1) is 22.7. The van der Waals surface area contributed by atoms with Crippen LogP contribution in [-0.2, 0) is 4.79 Å². The molecule has 4 aromatic rings. The minimum Gasteiger partial charge on any atom is -0.497 e. The van der Waals surface area contributed by atoms with Crippen LogP contribution in [-0.4, -0.2) is 93.8 Å². The highest BCUT2D eigenvalue weighted by Crippen LogP contribution is 2.35. The fourth-order valence-corrected chi connectivity index (χ4v) is 6.37. The molecule has 12 nitrogen and oxygen atoms in total. The summed E-state index contributed by atoms with van der Waals surface area (Å²) in [6.45, 7) is 3.79. The average Bonchev–Trinajstić information content (AvgIpc) is 3.75. The quantitative estimate of drug-likeness (QED) is 0.202. The number of nitrogens with zero attached hydrogens (tertiary/aromatic N) is 7. The lowest BCUT2D eigenvalue weighted by molar-refractivity contribution is -0.128. The van der Waals surface area contributed by atoms with Gasteiger partial charge in [-0.15, -0.1) is 0 Å². The highest BCUT2D eigenvalue weighted by molar-refractivity contribution is 6.07. The van der Waals surface area contributed by atoms with Crippen LogP contribution in [0.15, 0.2) is 67.0 Å². The Bertz CT molecular complexity index is 1790. The van der Waals surface area contributed by atoms with Gasteiger partial charge >= 0.3 is 0 Å². The Morgan fingerprint density at radius 2 is 1.74 bits per heavy atom. The van der Waals surface area contributed by atoms with Crippen molar-refractivity contribution < 1.29 is 19.1 Å². The minimum atomic E-state index is -0.232. The van der Waals surface area contributed by atoms with Gasteiger partial charge in [0.2, 0.25) is 11.9 Å². The maximum atomic E-state index is 13.0. The summed E-state index contributed by atoms with van der Waals surface area (Å²) >= 11 is 0. The lowest BCUT2D eigenvalue weighted by Gasteiger charge is -2.40. The monoisotopic (exact) mass is 636 g/mol. The molecule has 47 heavy (non-hydrogen) atoms. The van der Waals surface area contributed by atoms with Gasteiger partial charge in [0.15, 0.2) is 5.78 Å². The van der Waals surface area contributed by atoms with Crippen molar-refractivity contribution in [1.29, 1.82) is 0 Å². The van der Waals surface area contributed by atoms with E-state index in [1.807, 2.05) is 25.1 Å². The number of fused-ring (bicyclic) bond motifs is 1. The molecule has 0 bridgehead atoms. The van der Waals surface area contributed by atoms with Crippen molar-refractivity contribution in [1.82, 2.24) is 29.3 Å². The fraction of sp³-hybridized carbons (Fsp3) is 0.371. The highest BCUT2D eigenvalue weighted by atomic mass is 16.5. The van der Waals surface area contributed by atoms with E-state index in [0.717, 1.165) is 42.4 Å². The van der Waals surface area contributed by atoms with E-state index in [1.165, 1.54) is 12.2 Å². The summed E-state index contributed by atoms with van der Waals surface area (Å²) in [5.41, 5.74) is 2.82. The third kappa shape index (κ3) is 6.81. The number of anilines is 3. The van der Waals surface area contributed by atoms with Crippen LogP contribution < -0.4 is 15.0 Å². The zero-order valence-electron chi connectivity index (χ0n) is 27.2. The molecule has 1 aliphatic heterocycles. The van der Waals surface area contributed by atoms with Gasteiger partial charge in [-0.1, -0.05) is 12.8 Å². The molecule has 3 aromatic heterocycles. The molecule has 1 aliphatic carbocycles. The molecule has 244 valence electrons. The van der Waals surface area contributed by atoms with Gasteiger partial charge in [0, 0.05) is 69.0 Å². The van der Waals surface area contributed by atoms with Gasteiger partial charge in [-0.25, -0.2) is 9.97 Å². The van der Waals surface area contributed by atoms with Crippen molar-refractivity contribution in [3.8, 4) is 5.75 Å². The molecule has 1 saturated heterocycles. The first kappa shape index (κ1) is 31.7. The van der Waals surface area contributed by atoms with Gasteiger partial charge < -0.3 is 29.3 Å². The van der Waals surface area contributed by atoms with Crippen LogP contribution in [0.5, 0.6) is 5.75 Å². The Balaban J connectivity index is 1.09. The van der Waals surface area contributed by atoms with Crippen molar-refractivity contribution in [3.63, 3.8) is 0 Å². The van der Waals surface area contributed by atoms with Crippen LogP contribution in [0.1, 0.15) is 59.5 Å². The molecular formula is C35H40N8O4. The number of pyridine rings is 1. The molecule has 2 aliphatic rings. The second-order valence-electron chi connectivity index (χ2n) is 12.3. The maximum absolute atomic E-state index is 13.0. The number of amides is 2. The minimum absolute atomic E-state index is 0.0440. The molecule has 12 heteroatoms. The Kier molecular flexibility index (Phi) is 9.19. The number of ketones is 1. The molecule has 1 N–H and O–H groups in total. The van der Waals surface area contributed by atoms with Gasteiger partial charge in [-0.2, -0.15) is 4.98 Å². The van der Waals surface area contributed by atoms with Gasteiger partial charge in [-0.05, 0) is 68.3 Å². The highest BCUT2D eigenvalue weighted by Gasteiger charge is 2.28. The number of hydrogen-bond donors (Lipinski definition) is 1. The topological polar surface area (TPSA) is 126 Å². The first-order valence-corrected chi connectivity index (χ1v) is 16.0. The predicted molar refractivity (Wildman–Crippen MR) is 180 cm³/mol. The number of carbonyl (C=O) groups is 3. The third-order valence-electron chi connectivity index (χ3n) is 8.91. The van der Waals surface area contributed by atoms with E-state index in [2.05, 4.69) is 24.8 Å². The number of carbonyl (C=O) groups excluding carboxylic acids is 3. The van der Waals surface area contributed by atoms with Crippen LogP contribution in [0.25, 0.3) is 11.0 Å². The van der Waals surface area contributed by atoms with Crippen molar-refractivity contribution in [2.75, 3.05) is 51.1 Å².